The van der Waals surface area contributed by atoms with Crippen LogP contribution in [0.5, 0.6) is 5.75 Å². The van der Waals surface area contributed by atoms with Crippen LogP contribution in [0.1, 0.15) is 85.5 Å². The van der Waals surface area contributed by atoms with Crippen molar-refractivity contribution in [3.63, 3.8) is 0 Å². The van der Waals surface area contributed by atoms with Crippen molar-refractivity contribution in [1.29, 1.82) is 0 Å². The summed E-state index contributed by atoms with van der Waals surface area (Å²) in [5.74, 6) is 0.480. The third-order valence-corrected chi connectivity index (χ3v) is 12.0. The molecular weight excluding hydrogens is 777 g/mol. The zero-order valence-electron chi connectivity index (χ0n) is 35.7. The second-order valence-electron chi connectivity index (χ2n) is 16.7. The SMILES string of the molecule is CCOC(=O)CN1[C@H](C)CN(CCCOc2cccc(-c3ccc(N4CCc5cccc(C(=O)Nc6nc7ccccc7s6)c5C4)nc3C(=O)OC(C)(C)C)c2C)C[C@@H]1C. The number of carbonyl (C=O) groups is 3. The Morgan fingerprint density at radius 1 is 0.917 bits per heavy atom. The first-order chi connectivity index (χ1) is 28.8. The van der Waals surface area contributed by atoms with Crippen LogP contribution in [0.2, 0.25) is 0 Å². The number of pyridine rings is 1. The number of fused-ring (bicyclic) bond motifs is 2. The molecule has 0 spiro atoms. The Morgan fingerprint density at radius 3 is 2.43 bits per heavy atom. The highest BCUT2D eigenvalue weighted by Gasteiger charge is 2.31. The minimum absolute atomic E-state index is 0.174. The van der Waals surface area contributed by atoms with Crippen molar-refractivity contribution in [1.82, 2.24) is 19.8 Å². The van der Waals surface area contributed by atoms with Gasteiger partial charge >= 0.3 is 11.9 Å². The summed E-state index contributed by atoms with van der Waals surface area (Å²) in [7, 11) is 0. The second-order valence-corrected chi connectivity index (χ2v) is 17.7. The van der Waals surface area contributed by atoms with Crippen LogP contribution < -0.4 is 15.0 Å². The molecule has 2 aliphatic rings. The summed E-state index contributed by atoms with van der Waals surface area (Å²) in [6.07, 6.45) is 1.55. The number of para-hydroxylation sites is 1. The summed E-state index contributed by atoms with van der Waals surface area (Å²) < 4.78 is 18.5. The van der Waals surface area contributed by atoms with E-state index < -0.39 is 11.6 Å². The topological polar surface area (TPSA) is 126 Å². The molecule has 2 atom stereocenters. The van der Waals surface area contributed by atoms with Crippen LogP contribution >= 0.6 is 11.3 Å². The van der Waals surface area contributed by atoms with Gasteiger partial charge in [0.2, 0.25) is 0 Å². The van der Waals surface area contributed by atoms with Gasteiger partial charge < -0.3 is 24.0 Å². The first-order valence-electron chi connectivity index (χ1n) is 20.9. The van der Waals surface area contributed by atoms with E-state index >= 15 is 0 Å². The van der Waals surface area contributed by atoms with Gasteiger partial charge in [-0.15, -0.1) is 0 Å². The molecule has 0 saturated carbocycles. The number of anilines is 2. The Kier molecular flexibility index (Phi) is 13.2. The standard InChI is InChI=1S/C47H56N6O6S/c1-8-57-42(54)29-53-30(2)26-51(27-31(53)3)23-13-25-58-39-18-12-15-34(32(39)4)35-20-21-41(49-43(35)45(56)59-47(5,6)7)52-24-22-33-14-11-16-36(37(33)28-52)44(55)50-46-48-38-17-9-10-19-40(38)60-46/h9-12,14-21,30-31H,8,13,22-29H2,1-7H3,(H,48,50,55)/t30-,31+. The number of amides is 1. The van der Waals surface area contributed by atoms with Gasteiger partial charge in [0, 0.05) is 55.9 Å². The van der Waals surface area contributed by atoms with Crippen LogP contribution in [0, 0.1) is 6.92 Å². The van der Waals surface area contributed by atoms with Crippen LogP contribution in [0.4, 0.5) is 10.9 Å². The van der Waals surface area contributed by atoms with E-state index in [1.54, 1.807) is 0 Å². The Balaban J connectivity index is 1.06. The summed E-state index contributed by atoms with van der Waals surface area (Å²) in [6, 6.07) is 23.9. The summed E-state index contributed by atoms with van der Waals surface area (Å²) >= 11 is 1.45. The summed E-state index contributed by atoms with van der Waals surface area (Å²) in [5.41, 5.74) is 5.36. The van der Waals surface area contributed by atoms with E-state index in [-0.39, 0.29) is 29.7 Å². The second kappa shape index (κ2) is 18.5. The Morgan fingerprint density at radius 2 is 1.68 bits per heavy atom. The quantitative estimate of drug-likeness (QED) is 0.0913. The number of thiazole rings is 1. The van der Waals surface area contributed by atoms with Crippen LogP contribution in [-0.4, -0.2) is 101 Å². The highest BCUT2D eigenvalue weighted by molar-refractivity contribution is 7.22. The zero-order valence-corrected chi connectivity index (χ0v) is 36.6. The average molecular weight is 833 g/mol. The third-order valence-electron chi connectivity index (χ3n) is 11.1. The molecule has 4 heterocycles. The van der Waals surface area contributed by atoms with Gasteiger partial charge in [-0.2, -0.15) is 0 Å². The summed E-state index contributed by atoms with van der Waals surface area (Å²) in [4.78, 5) is 56.2. The molecule has 0 radical (unpaired) electrons. The van der Waals surface area contributed by atoms with E-state index in [1.807, 2.05) is 101 Å². The van der Waals surface area contributed by atoms with E-state index in [4.69, 9.17) is 19.2 Å². The van der Waals surface area contributed by atoms with E-state index in [0.29, 0.717) is 61.3 Å². The Hall–Kier alpha value is -5.37. The van der Waals surface area contributed by atoms with Gasteiger partial charge in [-0.1, -0.05) is 47.7 Å². The smallest absolute Gasteiger partial charge is 0.358 e. The van der Waals surface area contributed by atoms with E-state index in [2.05, 4.69) is 44.9 Å². The average Bonchev–Trinajstić information content (AvgIpc) is 3.62. The molecule has 1 amide bonds. The minimum atomic E-state index is -0.731. The van der Waals surface area contributed by atoms with Crippen molar-refractivity contribution in [3.05, 3.63) is 101 Å². The molecule has 0 aliphatic carbocycles. The van der Waals surface area contributed by atoms with Crippen molar-refractivity contribution < 1.29 is 28.6 Å². The first kappa shape index (κ1) is 42.7. The van der Waals surface area contributed by atoms with Gasteiger partial charge in [-0.25, -0.2) is 14.8 Å². The van der Waals surface area contributed by atoms with Gasteiger partial charge in [0.05, 0.1) is 30.0 Å². The van der Waals surface area contributed by atoms with Gasteiger partial charge in [-0.3, -0.25) is 19.8 Å². The number of hydrogen-bond donors (Lipinski definition) is 1. The molecule has 2 aliphatic heterocycles. The van der Waals surface area contributed by atoms with E-state index in [0.717, 1.165) is 64.3 Å². The van der Waals surface area contributed by atoms with Crippen LogP contribution in [-0.2, 0) is 27.2 Å². The number of aromatic nitrogens is 2. The summed E-state index contributed by atoms with van der Waals surface area (Å²) in [5, 5.41) is 3.58. The minimum Gasteiger partial charge on any atom is -0.493 e. The van der Waals surface area contributed by atoms with Gasteiger partial charge in [0.1, 0.15) is 17.2 Å². The van der Waals surface area contributed by atoms with Crippen LogP contribution in [0.15, 0.2) is 72.8 Å². The highest BCUT2D eigenvalue weighted by Crippen LogP contribution is 2.35. The molecule has 1 N–H and O–H groups in total. The normalized spacial score (nSPS) is 17.3. The number of rotatable bonds is 13. The maximum atomic E-state index is 14.0. The zero-order chi connectivity index (χ0) is 42.6. The molecule has 60 heavy (non-hydrogen) atoms. The molecule has 0 unspecified atom stereocenters. The van der Waals surface area contributed by atoms with Gasteiger partial charge in [-0.05, 0) is 120 Å². The molecule has 13 heteroatoms. The number of ether oxygens (including phenoxy) is 3. The predicted molar refractivity (Wildman–Crippen MR) is 237 cm³/mol. The molecule has 5 aromatic rings. The van der Waals surface area contributed by atoms with Crippen molar-refractivity contribution >= 4 is 50.3 Å². The molecule has 1 saturated heterocycles. The number of esters is 2. The fourth-order valence-electron chi connectivity index (χ4n) is 8.25. The lowest BCUT2D eigenvalue weighted by Crippen LogP contribution is -2.58. The lowest BCUT2D eigenvalue weighted by molar-refractivity contribution is -0.146. The molecule has 2 aromatic heterocycles. The molecule has 3 aromatic carbocycles. The molecule has 12 nitrogen and oxygen atoms in total. The molecular formula is C47H56N6O6S. The maximum absolute atomic E-state index is 14.0. The third kappa shape index (κ3) is 9.97. The fourth-order valence-corrected chi connectivity index (χ4v) is 9.11. The predicted octanol–water partition coefficient (Wildman–Crippen LogP) is 8.16. The monoisotopic (exact) mass is 832 g/mol. The fraction of sp³-hybridized carbons (Fsp3) is 0.426. The number of nitrogens with zero attached hydrogens (tertiary/aromatic N) is 5. The van der Waals surface area contributed by atoms with E-state index in [1.165, 1.54) is 11.3 Å². The number of benzene rings is 3. The molecule has 1 fully saturated rings. The summed E-state index contributed by atoms with van der Waals surface area (Å²) in [6.45, 7) is 18.7. The Labute approximate surface area is 356 Å². The van der Waals surface area contributed by atoms with Crippen LogP contribution in [0.3, 0.4) is 0 Å². The number of nitrogens with one attached hydrogen (secondary N) is 1. The van der Waals surface area contributed by atoms with Crippen LogP contribution in [0.25, 0.3) is 21.3 Å². The van der Waals surface area contributed by atoms with Crippen molar-refractivity contribution in [3.8, 4) is 16.9 Å². The van der Waals surface area contributed by atoms with Crippen molar-refractivity contribution in [2.24, 2.45) is 0 Å². The Bertz CT molecular complexity index is 2310. The molecule has 0 bridgehead atoms. The number of piperazine rings is 1. The van der Waals surface area contributed by atoms with E-state index in [9.17, 15) is 14.4 Å². The number of hydrogen-bond acceptors (Lipinski definition) is 12. The molecule has 316 valence electrons. The van der Waals surface area contributed by atoms with Gasteiger partial charge in [0.25, 0.3) is 5.91 Å². The lowest BCUT2D eigenvalue weighted by atomic mass is 9.94. The van der Waals surface area contributed by atoms with Crippen molar-refractivity contribution in [2.75, 3.05) is 56.2 Å². The maximum Gasteiger partial charge on any atom is 0.358 e. The molecule has 7 rings (SSSR count). The lowest BCUT2D eigenvalue weighted by Gasteiger charge is -2.44. The number of carbonyl (C=O) groups excluding carboxylic acids is 3. The highest BCUT2D eigenvalue weighted by atomic mass is 32.1. The van der Waals surface area contributed by atoms with Gasteiger partial charge in [0.15, 0.2) is 10.8 Å². The largest absolute Gasteiger partial charge is 0.493 e. The first-order valence-corrected chi connectivity index (χ1v) is 21.7. The van der Waals surface area contributed by atoms with Crippen molar-refractivity contribution in [2.45, 2.75) is 85.5 Å².